The Balaban J connectivity index is 1.91. The predicted octanol–water partition coefficient (Wildman–Crippen LogP) is 3.67. The van der Waals surface area contributed by atoms with E-state index in [2.05, 4.69) is 13.0 Å². The minimum atomic E-state index is -0.113. The van der Waals surface area contributed by atoms with Crippen LogP contribution in [0, 0.1) is 11.8 Å². The van der Waals surface area contributed by atoms with Gasteiger partial charge in [-0.15, -0.1) is 0 Å². The summed E-state index contributed by atoms with van der Waals surface area (Å²) in [6.07, 6.45) is 12.3. The molecule has 0 aromatic carbocycles. The summed E-state index contributed by atoms with van der Waals surface area (Å²) in [5.41, 5.74) is 1.35. The molecule has 0 saturated heterocycles. The molecule has 0 aliphatic heterocycles. The van der Waals surface area contributed by atoms with Gasteiger partial charge in [-0.2, -0.15) is 0 Å². The van der Waals surface area contributed by atoms with E-state index in [0.29, 0.717) is 5.92 Å². The Morgan fingerprint density at radius 1 is 1.20 bits per heavy atom. The molecule has 1 nitrogen and oxygen atoms in total. The Morgan fingerprint density at radius 2 is 1.93 bits per heavy atom. The van der Waals surface area contributed by atoms with Gasteiger partial charge in [0.2, 0.25) is 0 Å². The van der Waals surface area contributed by atoms with Crippen molar-refractivity contribution in [1.82, 2.24) is 0 Å². The van der Waals surface area contributed by atoms with Gasteiger partial charge in [0.15, 0.2) is 0 Å². The van der Waals surface area contributed by atoms with Crippen LogP contribution in [-0.2, 0) is 0 Å². The van der Waals surface area contributed by atoms with Gasteiger partial charge in [0.25, 0.3) is 0 Å². The van der Waals surface area contributed by atoms with Crippen LogP contribution in [-0.4, -0.2) is 11.2 Å². The molecule has 15 heavy (non-hydrogen) atoms. The number of hydrogen-bond donors (Lipinski definition) is 1. The molecule has 0 aromatic rings. The fourth-order valence-electron chi connectivity index (χ4n) is 3.01. The lowest BCUT2D eigenvalue weighted by atomic mass is 9.79. The zero-order valence-electron chi connectivity index (χ0n) is 9.91. The highest BCUT2D eigenvalue weighted by atomic mass is 16.3. The molecule has 2 rings (SSSR count). The Labute approximate surface area is 93.6 Å². The van der Waals surface area contributed by atoms with Crippen LogP contribution < -0.4 is 0 Å². The SMILES string of the molecule is CC1CC=C(C(O)C2CCCCC2)CC1. The summed E-state index contributed by atoms with van der Waals surface area (Å²) in [6, 6.07) is 0. The van der Waals surface area contributed by atoms with Crippen molar-refractivity contribution in [3.8, 4) is 0 Å². The van der Waals surface area contributed by atoms with Crippen LogP contribution in [0.4, 0.5) is 0 Å². The number of allylic oxidation sites excluding steroid dienone is 1. The van der Waals surface area contributed by atoms with Crippen LogP contribution in [0.3, 0.4) is 0 Å². The maximum Gasteiger partial charge on any atom is 0.0778 e. The molecule has 2 unspecified atom stereocenters. The largest absolute Gasteiger partial charge is 0.388 e. The first-order chi connectivity index (χ1) is 7.27. The fraction of sp³-hybridized carbons (Fsp3) is 0.857. The molecule has 0 amide bonds. The van der Waals surface area contributed by atoms with Crippen LogP contribution in [0.2, 0.25) is 0 Å². The second kappa shape index (κ2) is 5.16. The molecule has 2 aliphatic carbocycles. The molecule has 0 aromatic heterocycles. The Morgan fingerprint density at radius 3 is 2.53 bits per heavy atom. The first-order valence-electron chi connectivity index (χ1n) is 6.64. The van der Waals surface area contributed by atoms with Crippen LogP contribution >= 0.6 is 0 Å². The van der Waals surface area contributed by atoms with Crippen LogP contribution in [0.1, 0.15) is 58.3 Å². The highest BCUT2D eigenvalue weighted by Gasteiger charge is 2.25. The van der Waals surface area contributed by atoms with Crippen molar-refractivity contribution in [2.75, 3.05) is 0 Å². The van der Waals surface area contributed by atoms with Gasteiger partial charge in [-0.1, -0.05) is 32.3 Å². The average Bonchev–Trinajstić information content (AvgIpc) is 2.30. The number of hydrogen-bond acceptors (Lipinski definition) is 1. The van der Waals surface area contributed by atoms with E-state index in [1.807, 2.05) is 0 Å². The third-order valence-corrected chi connectivity index (χ3v) is 4.18. The first kappa shape index (κ1) is 11.2. The van der Waals surface area contributed by atoms with E-state index in [0.717, 1.165) is 12.3 Å². The highest BCUT2D eigenvalue weighted by Crippen LogP contribution is 2.33. The molecule has 1 saturated carbocycles. The first-order valence-corrected chi connectivity index (χ1v) is 6.64. The topological polar surface area (TPSA) is 20.2 Å². The monoisotopic (exact) mass is 208 g/mol. The van der Waals surface area contributed by atoms with Gasteiger partial charge in [-0.3, -0.25) is 0 Å². The summed E-state index contributed by atoms with van der Waals surface area (Å²) in [5, 5.41) is 10.3. The van der Waals surface area contributed by atoms with Crippen molar-refractivity contribution in [3.05, 3.63) is 11.6 Å². The van der Waals surface area contributed by atoms with E-state index in [-0.39, 0.29) is 6.10 Å². The summed E-state index contributed by atoms with van der Waals surface area (Å²) in [7, 11) is 0. The maximum atomic E-state index is 10.3. The Kier molecular flexibility index (Phi) is 3.85. The van der Waals surface area contributed by atoms with Gasteiger partial charge in [-0.05, 0) is 49.5 Å². The third-order valence-electron chi connectivity index (χ3n) is 4.18. The van der Waals surface area contributed by atoms with Crippen molar-refractivity contribution in [3.63, 3.8) is 0 Å². The predicted molar refractivity (Wildman–Crippen MR) is 63.7 cm³/mol. The molecular weight excluding hydrogens is 184 g/mol. The smallest absolute Gasteiger partial charge is 0.0778 e. The fourth-order valence-corrected chi connectivity index (χ4v) is 3.01. The van der Waals surface area contributed by atoms with E-state index in [9.17, 15) is 5.11 Å². The van der Waals surface area contributed by atoms with Crippen molar-refractivity contribution >= 4 is 0 Å². The average molecular weight is 208 g/mol. The summed E-state index contributed by atoms with van der Waals surface area (Å²) < 4.78 is 0. The van der Waals surface area contributed by atoms with Crippen molar-refractivity contribution in [2.45, 2.75) is 64.4 Å². The number of rotatable bonds is 2. The minimum absolute atomic E-state index is 0.113. The molecule has 0 spiro atoms. The Bertz CT molecular complexity index is 225. The molecule has 0 heterocycles. The third kappa shape index (κ3) is 2.84. The van der Waals surface area contributed by atoms with E-state index < -0.39 is 0 Å². The van der Waals surface area contributed by atoms with E-state index >= 15 is 0 Å². The molecule has 2 atom stereocenters. The lowest BCUT2D eigenvalue weighted by Gasteiger charge is -2.30. The molecule has 1 N–H and O–H groups in total. The van der Waals surface area contributed by atoms with Gasteiger partial charge in [0.1, 0.15) is 0 Å². The van der Waals surface area contributed by atoms with E-state index in [4.69, 9.17) is 0 Å². The van der Waals surface area contributed by atoms with Gasteiger partial charge in [0.05, 0.1) is 6.10 Å². The lowest BCUT2D eigenvalue weighted by molar-refractivity contribution is 0.109. The van der Waals surface area contributed by atoms with Crippen molar-refractivity contribution in [2.24, 2.45) is 11.8 Å². The lowest BCUT2D eigenvalue weighted by Crippen LogP contribution is -2.26. The van der Waals surface area contributed by atoms with Crippen molar-refractivity contribution in [1.29, 1.82) is 0 Å². The summed E-state index contributed by atoms with van der Waals surface area (Å²) in [6.45, 7) is 2.31. The minimum Gasteiger partial charge on any atom is -0.388 e. The summed E-state index contributed by atoms with van der Waals surface area (Å²) >= 11 is 0. The second-order valence-corrected chi connectivity index (χ2v) is 5.50. The van der Waals surface area contributed by atoms with Crippen LogP contribution in [0.15, 0.2) is 11.6 Å². The molecule has 0 radical (unpaired) electrons. The number of aliphatic hydroxyl groups is 1. The molecule has 1 fully saturated rings. The Hall–Kier alpha value is -0.300. The zero-order chi connectivity index (χ0) is 10.7. The van der Waals surface area contributed by atoms with E-state index in [1.165, 1.54) is 50.5 Å². The summed E-state index contributed by atoms with van der Waals surface area (Å²) in [4.78, 5) is 0. The van der Waals surface area contributed by atoms with Gasteiger partial charge >= 0.3 is 0 Å². The highest BCUT2D eigenvalue weighted by molar-refractivity contribution is 5.12. The molecule has 86 valence electrons. The molecule has 2 aliphatic rings. The second-order valence-electron chi connectivity index (χ2n) is 5.50. The van der Waals surface area contributed by atoms with Gasteiger partial charge in [0, 0.05) is 0 Å². The van der Waals surface area contributed by atoms with Crippen molar-refractivity contribution < 1.29 is 5.11 Å². The maximum absolute atomic E-state index is 10.3. The standard InChI is InChI=1S/C14H24O/c1-11-7-9-13(10-8-11)14(15)12-5-3-2-4-6-12/h9,11-12,14-15H,2-8,10H2,1H3. The van der Waals surface area contributed by atoms with Gasteiger partial charge in [-0.25, -0.2) is 0 Å². The molecule has 1 heteroatoms. The molecular formula is C14H24O. The molecule has 0 bridgehead atoms. The van der Waals surface area contributed by atoms with Crippen LogP contribution in [0.5, 0.6) is 0 Å². The van der Waals surface area contributed by atoms with Crippen LogP contribution in [0.25, 0.3) is 0 Å². The summed E-state index contributed by atoms with van der Waals surface area (Å²) in [5.74, 6) is 1.39. The number of aliphatic hydroxyl groups excluding tert-OH is 1. The normalized spacial score (nSPS) is 31.1. The zero-order valence-corrected chi connectivity index (χ0v) is 9.91. The van der Waals surface area contributed by atoms with Gasteiger partial charge < -0.3 is 5.11 Å². The quantitative estimate of drug-likeness (QED) is 0.686. The van der Waals surface area contributed by atoms with E-state index in [1.54, 1.807) is 0 Å².